The van der Waals surface area contributed by atoms with Crippen molar-refractivity contribution in [2.45, 2.75) is 38.5 Å². The Bertz CT molecular complexity index is 1040. The Morgan fingerprint density at radius 1 is 1.10 bits per heavy atom. The van der Waals surface area contributed by atoms with E-state index in [4.69, 9.17) is 4.42 Å². The molecule has 3 rings (SSSR count). The minimum atomic E-state index is -4.70. The molecule has 0 spiro atoms. The van der Waals surface area contributed by atoms with Crippen molar-refractivity contribution < 1.29 is 31.9 Å². The number of benzene rings is 2. The molecule has 0 aliphatic rings. The largest absolute Gasteiger partial charge is 0.480 e. The van der Waals surface area contributed by atoms with Crippen LogP contribution in [0.15, 0.2) is 40.8 Å². The molecule has 0 amide bonds. The topological polar surface area (TPSA) is 53.7 Å². The molecule has 1 aromatic heterocycles. The molecule has 156 valence electrons. The number of likely N-dealkylation sites (N-methyl/N-ethyl adjacent to an activating group) is 1. The van der Waals surface area contributed by atoms with E-state index in [9.17, 15) is 27.5 Å². The van der Waals surface area contributed by atoms with E-state index >= 15 is 0 Å². The molecular formula is C21H21F4NO3. The van der Waals surface area contributed by atoms with E-state index in [1.807, 2.05) is 0 Å². The van der Waals surface area contributed by atoms with E-state index in [1.165, 1.54) is 43.4 Å². The van der Waals surface area contributed by atoms with Crippen molar-refractivity contribution in [2.24, 2.45) is 5.92 Å². The van der Waals surface area contributed by atoms with Gasteiger partial charge in [0.15, 0.2) is 0 Å². The molecule has 0 aliphatic carbocycles. The van der Waals surface area contributed by atoms with Crippen LogP contribution in [0.25, 0.3) is 21.9 Å². The summed E-state index contributed by atoms with van der Waals surface area (Å²) in [4.78, 5) is 12.5. The Balaban J connectivity index is 2.12. The maximum atomic E-state index is 14.0. The van der Waals surface area contributed by atoms with Crippen LogP contribution in [0.4, 0.5) is 17.6 Å². The van der Waals surface area contributed by atoms with Gasteiger partial charge in [0, 0.05) is 16.8 Å². The zero-order valence-electron chi connectivity index (χ0n) is 16.1. The third-order valence-electron chi connectivity index (χ3n) is 4.96. The van der Waals surface area contributed by atoms with E-state index in [2.05, 4.69) is 0 Å². The van der Waals surface area contributed by atoms with Crippen LogP contribution in [-0.2, 0) is 4.79 Å². The second-order valence-electron chi connectivity index (χ2n) is 7.59. The van der Waals surface area contributed by atoms with Gasteiger partial charge >= 0.3 is 12.1 Å². The Hall–Kier alpha value is -2.61. The average Bonchev–Trinajstić information content (AvgIpc) is 2.94. The number of furan rings is 1. The first kappa shape index (κ1) is 21.1. The molecule has 2 aromatic carbocycles. The van der Waals surface area contributed by atoms with Crippen LogP contribution in [0.1, 0.15) is 31.9 Å². The Kier molecular flexibility index (Phi) is 5.58. The summed E-state index contributed by atoms with van der Waals surface area (Å²) in [5.74, 6) is -1.91. The number of carboxylic acids is 1. The zero-order chi connectivity index (χ0) is 21.5. The average molecular weight is 411 g/mol. The summed E-state index contributed by atoms with van der Waals surface area (Å²) in [6, 6.07) is 4.42. The van der Waals surface area contributed by atoms with Gasteiger partial charge in [0.1, 0.15) is 29.1 Å². The smallest absolute Gasteiger partial charge is 0.408 e. The predicted molar refractivity (Wildman–Crippen MR) is 101 cm³/mol. The Morgan fingerprint density at radius 3 is 2.38 bits per heavy atom. The second kappa shape index (κ2) is 7.67. The van der Waals surface area contributed by atoms with Gasteiger partial charge in [-0.25, -0.2) is 4.39 Å². The first-order chi connectivity index (χ1) is 13.5. The number of hydrogen-bond acceptors (Lipinski definition) is 3. The van der Waals surface area contributed by atoms with Crippen molar-refractivity contribution >= 4 is 27.9 Å². The maximum absolute atomic E-state index is 14.0. The molecule has 3 aromatic rings. The van der Waals surface area contributed by atoms with Gasteiger partial charge in [-0.2, -0.15) is 13.2 Å². The highest BCUT2D eigenvalue weighted by atomic mass is 19.4. The molecule has 29 heavy (non-hydrogen) atoms. The molecule has 0 bridgehead atoms. The summed E-state index contributed by atoms with van der Waals surface area (Å²) in [6.45, 7) is 3.52. The van der Waals surface area contributed by atoms with Crippen LogP contribution in [0.3, 0.4) is 0 Å². The van der Waals surface area contributed by atoms with Crippen LogP contribution in [0.5, 0.6) is 0 Å². The van der Waals surface area contributed by atoms with Crippen molar-refractivity contribution in [1.29, 1.82) is 0 Å². The number of halogens is 4. The van der Waals surface area contributed by atoms with E-state index < -0.39 is 30.0 Å². The first-order valence-corrected chi connectivity index (χ1v) is 9.12. The predicted octanol–water partition coefficient (Wildman–Crippen LogP) is 5.76. The standard InChI is InChI=1S/C21H21F4NO3/c1-11(2)8-16(20(27)28)26(3)19(21(23,24)25)12-4-7-17-15(9-12)14-6-5-13(22)10-18(14)29-17/h4-7,9-11,16,19H,8H2,1-3H3,(H,27,28)/t16-,19-/m0/s1. The van der Waals surface area contributed by atoms with E-state index in [1.54, 1.807) is 13.8 Å². The van der Waals surface area contributed by atoms with Crippen molar-refractivity contribution in [1.82, 2.24) is 4.90 Å². The molecule has 0 saturated heterocycles. The quantitative estimate of drug-likeness (QED) is 0.524. The number of carboxylic acid groups (broad SMARTS) is 1. The summed E-state index contributed by atoms with van der Waals surface area (Å²) in [5, 5.41) is 10.4. The molecule has 0 aliphatic heterocycles. The Labute approximate surface area is 164 Å². The highest BCUT2D eigenvalue weighted by Gasteiger charge is 2.47. The summed E-state index contributed by atoms with van der Waals surface area (Å²) in [5.41, 5.74) is 0.460. The second-order valence-corrected chi connectivity index (χ2v) is 7.59. The molecule has 2 atom stereocenters. The number of rotatable bonds is 6. The van der Waals surface area contributed by atoms with Gasteiger partial charge in [-0.05, 0) is 49.2 Å². The lowest BCUT2D eigenvalue weighted by Crippen LogP contribution is -2.46. The Morgan fingerprint density at radius 2 is 1.79 bits per heavy atom. The fourth-order valence-electron chi connectivity index (χ4n) is 3.66. The highest BCUT2D eigenvalue weighted by Crippen LogP contribution is 2.41. The minimum Gasteiger partial charge on any atom is -0.480 e. The van der Waals surface area contributed by atoms with E-state index in [0.29, 0.717) is 16.4 Å². The van der Waals surface area contributed by atoms with Crippen LogP contribution >= 0.6 is 0 Å². The molecule has 1 heterocycles. The number of nitrogens with zero attached hydrogens (tertiary/aromatic N) is 1. The van der Waals surface area contributed by atoms with Crippen molar-refractivity contribution in [3.8, 4) is 0 Å². The third-order valence-corrected chi connectivity index (χ3v) is 4.96. The fourth-order valence-corrected chi connectivity index (χ4v) is 3.66. The number of aliphatic carboxylic acids is 1. The van der Waals surface area contributed by atoms with Crippen molar-refractivity contribution in [2.75, 3.05) is 7.05 Å². The maximum Gasteiger partial charge on any atom is 0.408 e. The van der Waals surface area contributed by atoms with Crippen LogP contribution in [0.2, 0.25) is 0 Å². The molecule has 1 N–H and O–H groups in total. The summed E-state index contributed by atoms with van der Waals surface area (Å²) < 4.78 is 61.0. The van der Waals surface area contributed by atoms with Crippen LogP contribution < -0.4 is 0 Å². The third kappa shape index (κ3) is 4.22. The first-order valence-electron chi connectivity index (χ1n) is 9.12. The molecule has 0 saturated carbocycles. The summed E-state index contributed by atoms with van der Waals surface area (Å²) >= 11 is 0. The van der Waals surface area contributed by atoms with Crippen LogP contribution in [-0.4, -0.2) is 35.2 Å². The molecule has 0 unspecified atom stereocenters. The van der Waals surface area contributed by atoms with Crippen LogP contribution in [0, 0.1) is 11.7 Å². The summed E-state index contributed by atoms with van der Waals surface area (Å²) in [6.07, 6.45) is -4.62. The highest BCUT2D eigenvalue weighted by molar-refractivity contribution is 6.05. The van der Waals surface area contributed by atoms with Gasteiger partial charge in [0.05, 0.1) is 0 Å². The molecule has 8 heteroatoms. The van der Waals surface area contributed by atoms with Crippen molar-refractivity contribution in [3.05, 3.63) is 47.8 Å². The fraction of sp³-hybridized carbons (Fsp3) is 0.381. The lowest BCUT2D eigenvalue weighted by atomic mass is 9.97. The summed E-state index contributed by atoms with van der Waals surface area (Å²) in [7, 11) is 1.17. The van der Waals surface area contributed by atoms with Gasteiger partial charge in [0.25, 0.3) is 0 Å². The number of alkyl halides is 3. The lowest BCUT2D eigenvalue weighted by molar-refractivity contribution is -0.192. The lowest BCUT2D eigenvalue weighted by Gasteiger charge is -2.35. The van der Waals surface area contributed by atoms with Gasteiger partial charge < -0.3 is 9.52 Å². The monoisotopic (exact) mass is 411 g/mol. The SMILES string of the molecule is CC(C)C[C@@H](C(=O)O)N(C)[C@@H](c1ccc2oc3cc(F)ccc3c2c1)C(F)(F)F. The number of fused-ring (bicyclic) bond motifs is 3. The van der Waals surface area contributed by atoms with E-state index in [0.717, 1.165) is 4.90 Å². The molecule has 0 fully saturated rings. The molecule has 4 nitrogen and oxygen atoms in total. The van der Waals surface area contributed by atoms with Gasteiger partial charge in [0.2, 0.25) is 0 Å². The minimum absolute atomic E-state index is 0.0780. The molecular weight excluding hydrogens is 390 g/mol. The number of carbonyl (C=O) groups is 1. The zero-order valence-corrected chi connectivity index (χ0v) is 16.1. The normalized spacial score (nSPS) is 14.8. The molecule has 0 radical (unpaired) electrons. The van der Waals surface area contributed by atoms with Gasteiger partial charge in [-0.3, -0.25) is 9.69 Å². The number of hydrogen-bond donors (Lipinski definition) is 1. The van der Waals surface area contributed by atoms with Crippen molar-refractivity contribution in [3.63, 3.8) is 0 Å². The van der Waals surface area contributed by atoms with E-state index in [-0.39, 0.29) is 23.5 Å². The van der Waals surface area contributed by atoms with Gasteiger partial charge in [-0.1, -0.05) is 19.9 Å². The van der Waals surface area contributed by atoms with Gasteiger partial charge in [-0.15, -0.1) is 0 Å².